The molecule has 0 unspecified atom stereocenters. The first-order chi connectivity index (χ1) is 11.1. The number of azo groups is 1. The Hall–Kier alpha value is -3.55. The van der Waals surface area contributed by atoms with Gasteiger partial charge in [-0.1, -0.05) is 0 Å². The SMILES string of the molecule is O=C(O)c1ccc(N=Nc2c(-c3cccnc3)[nH][nH]c2=O)cc1. The average molecular weight is 309 g/mol. The summed E-state index contributed by atoms with van der Waals surface area (Å²) >= 11 is 0. The number of aromatic carboxylic acids is 1. The van der Waals surface area contributed by atoms with Crippen LogP contribution in [0.3, 0.4) is 0 Å². The normalized spacial score (nSPS) is 11.0. The van der Waals surface area contributed by atoms with Crippen molar-refractivity contribution in [3.05, 3.63) is 64.7 Å². The Morgan fingerprint density at radius 3 is 2.52 bits per heavy atom. The Bertz CT molecular complexity index is 910. The van der Waals surface area contributed by atoms with E-state index < -0.39 is 11.5 Å². The molecule has 0 saturated heterocycles. The highest BCUT2D eigenvalue weighted by Crippen LogP contribution is 2.25. The zero-order valence-electron chi connectivity index (χ0n) is 11.7. The van der Waals surface area contributed by atoms with E-state index in [0.29, 0.717) is 16.9 Å². The van der Waals surface area contributed by atoms with Crippen LogP contribution in [-0.4, -0.2) is 26.3 Å². The summed E-state index contributed by atoms with van der Waals surface area (Å²) in [4.78, 5) is 26.6. The molecule has 0 fully saturated rings. The summed E-state index contributed by atoms with van der Waals surface area (Å²) in [5.74, 6) is -1.02. The minimum Gasteiger partial charge on any atom is -0.478 e. The van der Waals surface area contributed by atoms with E-state index in [1.165, 1.54) is 24.3 Å². The monoisotopic (exact) mass is 309 g/mol. The molecule has 0 amide bonds. The van der Waals surface area contributed by atoms with Crippen molar-refractivity contribution in [1.29, 1.82) is 0 Å². The number of aromatic nitrogens is 3. The van der Waals surface area contributed by atoms with Gasteiger partial charge in [0.05, 0.1) is 16.9 Å². The molecule has 3 N–H and O–H groups in total. The number of nitrogens with zero attached hydrogens (tertiary/aromatic N) is 3. The first kappa shape index (κ1) is 14.4. The van der Waals surface area contributed by atoms with Gasteiger partial charge in [-0.3, -0.25) is 20.0 Å². The lowest BCUT2D eigenvalue weighted by atomic mass is 10.2. The van der Waals surface area contributed by atoms with E-state index in [-0.39, 0.29) is 11.3 Å². The summed E-state index contributed by atoms with van der Waals surface area (Å²) in [6.07, 6.45) is 3.22. The fourth-order valence-electron chi connectivity index (χ4n) is 1.94. The van der Waals surface area contributed by atoms with Gasteiger partial charge < -0.3 is 5.11 Å². The number of H-pyrrole nitrogens is 2. The van der Waals surface area contributed by atoms with Gasteiger partial charge >= 0.3 is 5.97 Å². The van der Waals surface area contributed by atoms with E-state index in [0.717, 1.165) is 0 Å². The number of hydrogen-bond donors (Lipinski definition) is 3. The first-order valence-electron chi connectivity index (χ1n) is 6.61. The zero-order valence-corrected chi connectivity index (χ0v) is 11.7. The van der Waals surface area contributed by atoms with Crippen LogP contribution in [0.1, 0.15) is 10.4 Å². The van der Waals surface area contributed by atoms with Crippen LogP contribution in [0.15, 0.2) is 63.8 Å². The van der Waals surface area contributed by atoms with Gasteiger partial charge in [0.1, 0.15) is 0 Å². The van der Waals surface area contributed by atoms with Gasteiger partial charge in [0.25, 0.3) is 5.56 Å². The molecule has 23 heavy (non-hydrogen) atoms. The molecule has 2 aromatic heterocycles. The summed E-state index contributed by atoms with van der Waals surface area (Å²) in [5.41, 5.74) is 1.48. The standard InChI is InChI=1S/C15H11N5O3/c21-14-13(12(18-20-14)10-2-1-7-16-8-10)19-17-11-5-3-9(4-6-11)15(22)23/h1-8H,(H,22,23)(H2,18,20,21). The lowest BCUT2D eigenvalue weighted by Crippen LogP contribution is -1.96. The van der Waals surface area contributed by atoms with E-state index in [2.05, 4.69) is 25.4 Å². The molecule has 0 aliphatic rings. The van der Waals surface area contributed by atoms with Crippen molar-refractivity contribution in [2.45, 2.75) is 0 Å². The Morgan fingerprint density at radius 2 is 1.87 bits per heavy atom. The molecular formula is C15H11N5O3. The van der Waals surface area contributed by atoms with Crippen LogP contribution in [-0.2, 0) is 0 Å². The maximum absolute atomic E-state index is 11.8. The Labute approximate surface area is 129 Å². The minimum absolute atomic E-state index is 0.125. The molecule has 2 heterocycles. The highest BCUT2D eigenvalue weighted by atomic mass is 16.4. The molecule has 8 nitrogen and oxygen atoms in total. The van der Waals surface area contributed by atoms with Gasteiger partial charge in [0, 0.05) is 18.0 Å². The second kappa shape index (κ2) is 6.06. The largest absolute Gasteiger partial charge is 0.478 e. The first-order valence-corrected chi connectivity index (χ1v) is 6.61. The second-order valence-corrected chi connectivity index (χ2v) is 4.60. The van der Waals surface area contributed by atoms with Crippen molar-refractivity contribution in [2.24, 2.45) is 10.2 Å². The molecule has 114 valence electrons. The van der Waals surface area contributed by atoms with Crippen LogP contribution in [0.5, 0.6) is 0 Å². The molecule has 8 heteroatoms. The third-order valence-corrected chi connectivity index (χ3v) is 3.08. The third kappa shape index (κ3) is 3.05. The smallest absolute Gasteiger partial charge is 0.335 e. The van der Waals surface area contributed by atoms with Gasteiger partial charge in [-0.2, -0.15) is 5.11 Å². The number of carbonyl (C=O) groups is 1. The highest BCUT2D eigenvalue weighted by molar-refractivity contribution is 5.87. The summed E-state index contributed by atoms with van der Waals surface area (Å²) in [6.45, 7) is 0. The third-order valence-electron chi connectivity index (χ3n) is 3.08. The van der Waals surface area contributed by atoms with Crippen LogP contribution < -0.4 is 5.56 Å². The number of carboxylic acid groups (broad SMARTS) is 1. The molecule has 3 aromatic rings. The number of benzene rings is 1. The van der Waals surface area contributed by atoms with E-state index in [1.807, 2.05) is 0 Å². The predicted octanol–water partition coefficient (Wildman–Crippen LogP) is 2.88. The van der Waals surface area contributed by atoms with Gasteiger partial charge in [-0.05, 0) is 36.4 Å². The van der Waals surface area contributed by atoms with Crippen molar-refractivity contribution < 1.29 is 9.90 Å². The molecular weight excluding hydrogens is 298 g/mol. The van der Waals surface area contributed by atoms with Crippen molar-refractivity contribution in [3.8, 4) is 11.3 Å². The van der Waals surface area contributed by atoms with Gasteiger partial charge in [-0.25, -0.2) is 4.79 Å². The lowest BCUT2D eigenvalue weighted by Gasteiger charge is -1.97. The molecule has 0 radical (unpaired) electrons. The van der Waals surface area contributed by atoms with Crippen molar-refractivity contribution in [1.82, 2.24) is 15.2 Å². The summed E-state index contributed by atoms with van der Waals surface area (Å²) < 4.78 is 0. The molecule has 3 rings (SSSR count). The average Bonchev–Trinajstić information content (AvgIpc) is 2.95. The number of hydrogen-bond acceptors (Lipinski definition) is 5. The van der Waals surface area contributed by atoms with Crippen LogP contribution in [0.2, 0.25) is 0 Å². The quantitative estimate of drug-likeness (QED) is 0.641. The van der Waals surface area contributed by atoms with Gasteiger partial charge in [0.15, 0.2) is 5.69 Å². The minimum atomic E-state index is -1.02. The van der Waals surface area contributed by atoms with Gasteiger partial charge in [0.2, 0.25) is 0 Å². The van der Waals surface area contributed by atoms with E-state index in [4.69, 9.17) is 5.11 Å². The topological polar surface area (TPSA) is 124 Å². The van der Waals surface area contributed by atoms with E-state index in [1.54, 1.807) is 24.5 Å². The number of pyridine rings is 1. The van der Waals surface area contributed by atoms with E-state index >= 15 is 0 Å². The number of aromatic amines is 2. The number of nitrogens with one attached hydrogen (secondary N) is 2. The molecule has 0 aliphatic carbocycles. The van der Waals surface area contributed by atoms with Crippen LogP contribution in [0.4, 0.5) is 11.4 Å². The predicted molar refractivity (Wildman–Crippen MR) is 82.2 cm³/mol. The van der Waals surface area contributed by atoms with Crippen LogP contribution in [0.25, 0.3) is 11.3 Å². The van der Waals surface area contributed by atoms with E-state index in [9.17, 15) is 9.59 Å². The molecule has 0 atom stereocenters. The lowest BCUT2D eigenvalue weighted by molar-refractivity contribution is 0.0697. The summed E-state index contributed by atoms with van der Waals surface area (Å²) in [6, 6.07) is 9.38. The second-order valence-electron chi connectivity index (χ2n) is 4.60. The maximum atomic E-state index is 11.8. The fourth-order valence-corrected chi connectivity index (χ4v) is 1.94. The van der Waals surface area contributed by atoms with Crippen LogP contribution >= 0.6 is 0 Å². The van der Waals surface area contributed by atoms with Gasteiger partial charge in [-0.15, -0.1) is 5.11 Å². The number of carboxylic acids is 1. The Morgan fingerprint density at radius 1 is 1.09 bits per heavy atom. The zero-order chi connectivity index (χ0) is 16.2. The molecule has 1 aromatic carbocycles. The molecule has 0 saturated carbocycles. The Kier molecular flexibility index (Phi) is 3.79. The van der Waals surface area contributed by atoms with Crippen molar-refractivity contribution in [2.75, 3.05) is 0 Å². The summed E-state index contributed by atoms with van der Waals surface area (Å²) in [5, 5.41) is 22.0. The van der Waals surface area contributed by atoms with Crippen molar-refractivity contribution >= 4 is 17.3 Å². The summed E-state index contributed by atoms with van der Waals surface area (Å²) in [7, 11) is 0. The number of rotatable bonds is 4. The maximum Gasteiger partial charge on any atom is 0.335 e. The fraction of sp³-hybridized carbons (Fsp3) is 0. The van der Waals surface area contributed by atoms with Crippen LogP contribution in [0, 0.1) is 0 Å². The Balaban J connectivity index is 1.93. The molecule has 0 spiro atoms. The molecule has 0 bridgehead atoms. The van der Waals surface area contributed by atoms with Crippen molar-refractivity contribution in [3.63, 3.8) is 0 Å². The molecule has 0 aliphatic heterocycles. The highest BCUT2D eigenvalue weighted by Gasteiger charge is 2.11.